The van der Waals surface area contributed by atoms with Crippen LogP contribution in [0.15, 0.2) is 48.5 Å². The molecule has 0 saturated carbocycles. The summed E-state index contributed by atoms with van der Waals surface area (Å²) < 4.78 is 0. The van der Waals surface area contributed by atoms with Crippen molar-refractivity contribution in [3.63, 3.8) is 0 Å². The van der Waals surface area contributed by atoms with Gasteiger partial charge in [0.25, 0.3) is 0 Å². The van der Waals surface area contributed by atoms with E-state index in [0.29, 0.717) is 22.4 Å². The summed E-state index contributed by atoms with van der Waals surface area (Å²) in [6, 6.07) is 17.9. The molecule has 3 unspecified atom stereocenters. The topological polar surface area (TPSA) is 48.1 Å². The minimum Gasteiger partial charge on any atom is -0.314 e. The molecule has 4 N–H and O–H groups in total. The van der Waals surface area contributed by atoms with Gasteiger partial charge in [0.1, 0.15) is 0 Å². The van der Waals surface area contributed by atoms with Crippen LogP contribution in [-0.2, 0) is 28.4 Å². The normalized spacial score (nSPS) is 23.1. The quantitative estimate of drug-likeness (QED) is 0.247. The van der Waals surface area contributed by atoms with Crippen LogP contribution < -0.4 is 21.3 Å². The molecule has 2 fully saturated rings. The van der Waals surface area contributed by atoms with Gasteiger partial charge in [-0.1, -0.05) is 47.7 Å². The minimum atomic E-state index is -0.173. The number of rotatable bonds is 5. The Morgan fingerprint density at radius 2 is 1.37 bits per heavy atom. The Morgan fingerprint density at radius 1 is 0.857 bits per heavy atom. The molecule has 7 heteroatoms. The third-order valence-electron chi connectivity index (χ3n) is 7.11. The number of hydrogen-bond acceptors (Lipinski definition) is 4. The maximum absolute atomic E-state index is 3.84. The molecule has 2 aromatic rings. The van der Waals surface area contributed by atoms with Gasteiger partial charge >= 0.3 is 17.1 Å². The zero-order chi connectivity index (χ0) is 24.8. The molecule has 198 valence electrons. The first-order valence-corrected chi connectivity index (χ1v) is 15.0. The number of nitrogens with one attached hydrogen (secondary N) is 4. The first kappa shape index (κ1) is 31.1. The standard InChI is InChI=1S/C23H43N4P2.C5H5.Fe/c1-21(2,3)29(22(4,5)6)16-17-8-7-9-18(17)23(28,19-14-24-10-12-26-19)20-15-25-11-13-27-20;1-2-4-5-3-1;/h7-9,19-20,24-27H,10-16,28H2,1-6H3;1-5H;/q2*-1;+2. The van der Waals surface area contributed by atoms with E-state index in [9.17, 15) is 0 Å². The summed E-state index contributed by atoms with van der Waals surface area (Å²) in [4.78, 5) is 0. The molecule has 4 nitrogen and oxygen atoms in total. The molecule has 2 heterocycles. The van der Waals surface area contributed by atoms with Crippen molar-refractivity contribution >= 4 is 17.2 Å². The second-order valence-electron chi connectivity index (χ2n) is 11.7. The predicted molar refractivity (Wildman–Crippen MR) is 155 cm³/mol. The summed E-state index contributed by atoms with van der Waals surface area (Å²) in [5, 5.41) is 15.6. The molecule has 0 radical (unpaired) electrons. The van der Waals surface area contributed by atoms with Crippen LogP contribution in [0.2, 0.25) is 0 Å². The molecule has 0 bridgehead atoms. The Morgan fingerprint density at radius 3 is 1.74 bits per heavy atom. The van der Waals surface area contributed by atoms with Crippen molar-refractivity contribution in [1.82, 2.24) is 21.3 Å². The summed E-state index contributed by atoms with van der Waals surface area (Å²) >= 11 is 0. The fourth-order valence-electron chi connectivity index (χ4n) is 5.59. The van der Waals surface area contributed by atoms with E-state index in [2.05, 4.69) is 90.2 Å². The van der Waals surface area contributed by atoms with Crippen LogP contribution in [0.3, 0.4) is 0 Å². The molecule has 0 aliphatic carbocycles. The van der Waals surface area contributed by atoms with Gasteiger partial charge in [0.05, 0.1) is 0 Å². The van der Waals surface area contributed by atoms with Gasteiger partial charge in [-0.05, 0) is 10.3 Å². The molecule has 2 saturated heterocycles. The van der Waals surface area contributed by atoms with Crippen LogP contribution in [0.5, 0.6) is 0 Å². The summed E-state index contributed by atoms with van der Waals surface area (Å²) in [5.41, 5.74) is 3.07. The van der Waals surface area contributed by atoms with Gasteiger partial charge in [-0.2, -0.15) is 41.5 Å². The number of piperazine rings is 2. The molecule has 0 amide bonds. The van der Waals surface area contributed by atoms with Gasteiger partial charge in [-0.15, -0.1) is 17.2 Å². The van der Waals surface area contributed by atoms with Crippen molar-refractivity contribution < 1.29 is 17.1 Å². The van der Waals surface area contributed by atoms with Crippen LogP contribution >= 0.6 is 17.2 Å². The van der Waals surface area contributed by atoms with E-state index < -0.39 is 0 Å². The van der Waals surface area contributed by atoms with Crippen LogP contribution in [0.1, 0.15) is 52.7 Å². The van der Waals surface area contributed by atoms with Gasteiger partial charge in [0.2, 0.25) is 0 Å². The molecule has 4 rings (SSSR count). The average Bonchev–Trinajstić information content (AvgIpc) is 3.52. The molecule has 2 aliphatic heterocycles. The van der Waals surface area contributed by atoms with E-state index in [-0.39, 0.29) is 30.1 Å². The second kappa shape index (κ2) is 13.6. The van der Waals surface area contributed by atoms with Crippen LogP contribution in [0, 0.1) is 0 Å². The van der Waals surface area contributed by atoms with E-state index in [0.717, 1.165) is 39.3 Å². The van der Waals surface area contributed by atoms with Gasteiger partial charge < -0.3 is 21.3 Å². The zero-order valence-corrected chi connectivity index (χ0v) is 25.8. The van der Waals surface area contributed by atoms with Crippen LogP contribution in [0.25, 0.3) is 0 Å². The van der Waals surface area contributed by atoms with Crippen molar-refractivity contribution in [1.29, 1.82) is 0 Å². The summed E-state index contributed by atoms with van der Waals surface area (Å²) in [7, 11) is 3.14. The van der Waals surface area contributed by atoms with E-state index in [1.54, 1.807) is 5.56 Å². The molecule has 0 aromatic heterocycles. The summed E-state index contributed by atoms with van der Waals surface area (Å²) in [6.45, 7) is 20.8. The minimum absolute atomic E-state index is 0. The SMILES string of the molecule is CC(C)(C)P(Cc1cc[cH-]c1C(P)(C1CNCCN1)C1CNCCN1)C(C)(C)C.[Fe+2].c1cc[cH-]c1. The van der Waals surface area contributed by atoms with Crippen LogP contribution in [0.4, 0.5) is 0 Å². The molecule has 0 spiro atoms. The van der Waals surface area contributed by atoms with Crippen molar-refractivity contribution in [3.05, 3.63) is 59.7 Å². The summed E-state index contributed by atoms with van der Waals surface area (Å²) in [5.74, 6) is 0. The molecular formula is C28H48FeN4P2. The Balaban J connectivity index is 0.000000640. The van der Waals surface area contributed by atoms with Crippen molar-refractivity contribution in [2.45, 2.75) is 75.3 Å². The second-order valence-corrected chi connectivity index (χ2v) is 16.5. The molecule has 2 aliphatic rings. The molecule has 3 atom stereocenters. The average molecular weight is 559 g/mol. The third kappa shape index (κ3) is 8.20. The molecular weight excluding hydrogens is 510 g/mol. The van der Waals surface area contributed by atoms with Crippen LogP contribution in [-0.4, -0.2) is 61.7 Å². The van der Waals surface area contributed by atoms with E-state index >= 15 is 0 Å². The first-order valence-electron chi connectivity index (χ1n) is 12.9. The first-order chi connectivity index (χ1) is 16.0. The van der Waals surface area contributed by atoms with Crippen molar-refractivity contribution in [2.24, 2.45) is 0 Å². The Bertz CT molecular complexity index is 777. The van der Waals surface area contributed by atoms with E-state index in [1.807, 2.05) is 30.3 Å². The van der Waals surface area contributed by atoms with E-state index in [1.165, 1.54) is 11.7 Å². The maximum Gasteiger partial charge on any atom is 2.00 e. The Hall–Kier alpha value is -0.0805. The van der Waals surface area contributed by atoms with Gasteiger partial charge in [0, 0.05) is 56.5 Å². The monoisotopic (exact) mass is 558 g/mol. The zero-order valence-electron chi connectivity index (χ0n) is 22.6. The maximum atomic E-state index is 3.84. The largest absolute Gasteiger partial charge is 2.00 e. The molecule has 2 aromatic carbocycles. The predicted octanol–water partition coefficient (Wildman–Crippen LogP) is 4.58. The molecule has 35 heavy (non-hydrogen) atoms. The van der Waals surface area contributed by atoms with Crippen molar-refractivity contribution in [3.8, 4) is 0 Å². The number of hydrogen-bond donors (Lipinski definition) is 4. The van der Waals surface area contributed by atoms with E-state index in [4.69, 9.17) is 0 Å². The third-order valence-corrected chi connectivity index (χ3v) is 12.1. The smallest absolute Gasteiger partial charge is 0.314 e. The fourth-order valence-corrected chi connectivity index (χ4v) is 9.92. The van der Waals surface area contributed by atoms with Crippen molar-refractivity contribution in [2.75, 3.05) is 39.3 Å². The van der Waals surface area contributed by atoms with Gasteiger partial charge in [0.15, 0.2) is 0 Å². The fraction of sp³-hybridized carbons (Fsp3) is 0.643. The summed E-state index contributed by atoms with van der Waals surface area (Å²) in [6.07, 6.45) is 1.20. The van der Waals surface area contributed by atoms with Gasteiger partial charge in [-0.25, -0.2) is 18.2 Å². The Labute approximate surface area is 229 Å². The Kier molecular flexibility index (Phi) is 12.1. The van der Waals surface area contributed by atoms with Gasteiger partial charge in [-0.3, -0.25) is 0 Å².